The highest BCUT2D eigenvalue weighted by Gasteiger charge is 2.38. The van der Waals surface area contributed by atoms with Crippen LogP contribution in [0.5, 0.6) is 0 Å². The molecule has 1 unspecified atom stereocenters. The zero-order valence-corrected chi connectivity index (χ0v) is 14.2. The van der Waals surface area contributed by atoms with E-state index < -0.39 is 10.0 Å². The van der Waals surface area contributed by atoms with Crippen molar-refractivity contribution in [1.82, 2.24) is 14.5 Å². The van der Waals surface area contributed by atoms with E-state index >= 15 is 0 Å². The molecule has 8 heteroatoms. The minimum Gasteiger partial charge on any atom is -0.354 e. The smallest absolute Gasteiger partial charge is 0.225 e. The topological polar surface area (TPSA) is 86.8 Å². The van der Waals surface area contributed by atoms with E-state index in [1.165, 1.54) is 4.31 Å². The third-order valence-electron chi connectivity index (χ3n) is 5.16. The predicted molar refractivity (Wildman–Crippen MR) is 85.1 cm³/mol. The van der Waals surface area contributed by atoms with Crippen molar-refractivity contribution in [3.05, 3.63) is 0 Å². The predicted octanol–water partition coefficient (Wildman–Crippen LogP) is -0.0708. The standard InChI is InChI=1S/C15H25N3O4S/c19-14-10-12(11-18(14)13-4-1-2-5-13)15(20)16-6-8-17-7-3-9-23(17,21)22/h12-13H,1-11H2,(H,16,20). The molecule has 1 N–H and O–H groups in total. The lowest BCUT2D eigenvalue weighted by Crippen LogP contribution is -2.40. The molecule has 0 aromatic carbocycles. The molecule has 0 aromatic rings. The molecule has 2 aliphatic heterocycles. The van der Waals surface area contributed by atoms with Crippen LogP contribution in [0.1, 0.15) is 38.5 Å². The van der Waals surface area contributed by atoms with Crippen molar-refractivity contribution in [3.8, 4) is 0 Å². The fraction of sp³-hybridized carbons (Fsp3) is 0.867. The van der Waals surface area contributed by atoms with Gasteiger partial charge in [-0.2, -0.15) is 0 Å². The Morgan fingerprint density at radius 2 is 1.96 bits per heavy atom. The molecule has 7 nitrogen and oxygen atoms in total. The van der Waals surface area contributed by atoms with Gasteiger partial charge in [0.15, 0.2) is 0 Å². The van der Waals surface area contributed by atoms with Crippen molar-refractivity contribution in [2.24, 2.45) is 5.92 Å². The molecule has 0 radical (unpaired) electrons. The van der Waals surface area contributed by atoms with E-state index in [1.54, 1.807) is 0 Å². The lowest BCUT2D eigenvalue weighted by Gasteiger charge is -2.24. The van der Waals surface area contributed by atoms with Crippen LogP contribution >= 0.6 is 0 Å². The summed E-state index contributed by atoms with van der Waals surface area (Å²) >= 11 is 0. The van der Waals surface area contributed by atoms with Gasteiger partial charge in [-0.3, -0.25) is 9.59 Å². The first-order valence-corrected chi connectivity index (χ1v) is 10.1. The van der Waals surface area contributed by atoms with E-state index in [2.05, 4.69) is 5.32 Å². The van der Waals surface area contributed by atoms with Gasteiger partial charge in [0.1, 0.15) is 0 Å². The van der Waals surface area contributed by atoms with E-state index in [0.717, 1.165) is 25.7 Å². The minimum atomic E-state index is -3.11. The maximum Gasteiger partial charge on any atom is 0.225 e. The fourth-order valence-corrected chi connectivity index (χ4v) is 5.40. The zero-order chi connectivity index (χ0) is 16.4. The molecular formula is C15H25N3O4S. The highest BCUT2D eigenvalue weighted by molar-refractivity contribution is 7.89. The zero-order valence-electron chi connectivity index (χ0n) is 13.4. The second-order valence-corrected chi connectivity index (χ2v) is 8.83. The van der Waals surface area contributed by atoms with Gasteiger partial charge in [0, 0.05) is 38.6 Å². The molecule has 0 bridgehead atoms. The number of hydrogen-bond acceptors (Lipinski definition) is 4. The van der Waals surface area contributed by atoms with Crippen molar-refractivity contribution in [2.45, 2.75) is 44.6 Å². The fourth-order valence-electron chi connectivity index (χ4n) is 3.87. The Morgan fingerprint density at radius 3 is 2.61 bits per heavy atom. The molecule has 1 aliphatic carbocycles. The molecule has 2 heterocycles. The Balaban J connectivity index is 1.45. The lowest BCUT2D eigenvalue weighted by molar-refractivity contribution is -0.130. The molecule has 2 saturated heterocycles. The van der Waals surface area contributed by atoms with Gasteiger partial charge in [-0.1, -0.05) is 12.8 Å². The van der Waals surface area contributed by atoms with Crippen molar-refractivity contribution in [3.63, 3.8) is 0 Å². The van der Waals surface area contributed by atoms with Crippen LogP contribution in [-0.4, -0.2) is 67.4 Å². The molecule has 1 atom stereocenters. The Kier molecular flexibility index (Phi) is 4.91. The molecule has 3 fully saturated rings. The molecule has 23 heavy (non-hydrogen) atoms. The van der Waals surface area contributed by atoms with Gasteiger partial charge in [0.05, 0.1) is 11.7 Å². The first-order chi connectivity index (χ1) is 11.0. The molecule has 130 valence electrons. The third-order valence-corrected chi connectivity index (χ3v) is 7.11. The SMILES string of the molecule is O=C(NCCN1CCCS1(=O)=O)C1CC(=O)N(C2CCCC2)C1. The maximum atomic E-state index is 12.2. The molecule has 0 spiro atoms. The summed E-state index contributed by atoms with van der Waals surface area (Å²) in [7, 11) is -3.11. The number of sulfonamides is 1. The second-order valence-electron chi connectivity index (χ2n) is 6.75. The van der Waals surface area contributed by atoms with Crippen LogP contribution in [0.4, 0.5) is 0 Å². The summed E-state index contributed by atoms with van der Waals surface area (Å²) in [5.74, 6) is -0.137. The number of amides is 2. The number of hydrogen-bond donors (Lipinski definition) is 1. The van der Waals surface area contributed by atoms with Crippen LogP contribution in [0, 0.1) is 5.92 Å². The number of nitrogens with zero attached hydrogens (tertiary/aromatic N) is 2. The van der Waals surface area contributed by atoms with Crippen LogP contribution in [0.25, 0.3) is 0 Å². The van der Waals surface area contributed by atoms with Crippen LogP contribution in [-0.2, 0) is 19.6 Å². The van der Waals surface area contributed by atoms with Crippen molar-refractivity contribution in [2.75, 3.05) is 31.9 Å². The van der Waals surface area contributed by atoms with E-state index in [0.29, 0.717) is 38.6 Å². The number of carbonyl (C=O) groups excluding carboxylic acids is 2. The van der Waals surface area contributed by atoms with Crippen molar-refractivity contribution < 1.29 is 18.0 Å². The molecule has 3 aliphatic rings. The second kappa shape index (κ2) is 6.76. The van der Waals surface area contributed by atoms with Gasteiger partial charge < -0.3 is 10.2 Å². The summed E-state index contributed by atoms with van der Waals surface area (Å²) < 4.78 is 24.8. The maximum absolute atomic E-state index is 12.2. The van der Waals surface area contributed by atoms with Crippen LogP contribution in [0.3, 0.4) is 0 Å². The third kappa shape index (κ3) is 3.68. The average Bonchev–Trinajstić information content (AvgIpc) is 3.19. The quantitative estimate of drug-likeness (QED) is 0.757. The number of carbonyl (C=O) groups is 2. The highest BCUT2D eigenvalue weighted by atomic mass is 32.2. The summed E-state index contributed by atoms with van der Waals surface area (Å²) in [6.45, 7) is 1.68. The van der Waals surface area contributed by atoms with Crippen molar-refractivity contribution >= 4 is 21.8 Å². The van der Waals surface area contributed by atoms with Gasteiger partial charge in [-0.25, -0.2) is 12.7 Å². The number of nitrogens with one attached hydrogen (secondary N) is 1. The van der Waals surface area contributed by atoms with Gasteiger partial charge in [0.25, 0.3) is 0 Å². The summed E-state index contributed by atoms with van der Waals surface area (Å²) in [6, 6.07) is 0.315. The highest BCUT2D eigenvalue weighted by Crippen LogP contribution is 2.29. The summed E-state index contributed by atoms with van der Waals surface area (Å²) in [6.07, 6.45) is 5.36. The van der Waals surface area contributed by atoms with Crippen LogP contribution < -0.4 is 5.32 Å². The van der Waals surface area contributed by atoms with Gasteiger partial charge in [-0.05, 0) is 19.3 Å². The van der Waals surface area contributed by atoms with Gasteiger partial charge in [0.2, 0.25) is 21.8 Å². The van der Waals surface area contributed by atoms with E-state index in [9.17, 15) is 18.0 Å². The Bertz CT molecular complexity index is 571. The summed E-state index contributed by atoms with van der Waals surface area (Å²) in [4.78, 5) is 26.2. The Labute approximate surface area is 137 Å². The summed E-state index contributed by atoms with van der Waals surface area (Å²) in [5.41, 5.74) is 0. The van der Waals surface area contributed by atoms with Crippen LogP contribution in [0.2, 0.25) is 0 Å². The van der Waals surface area contributed by atoms with E-state index in [-0.39, 0.29) is 29.9 Å². The Hall–Kier alpha value is -1.15. The number of rotatable bonds is 5. The van der Waals surface area contributed by atoms with Gasteiger partial charge in [-0.15, -0.1) is 0 Å². The molecule has 1 saturated carbocycles. The molecular weight excluding hydrogens is 318 g/mol. The number of likely N-dealkylation sites (tertiary alicyclic amines) is 1. The lowest BCUT2D eigenvalue weighted by atomic mass is 10.1. The largest absolute Gasteiger partial charge is 0.354 e. The Morgan fingerprint density at radius 1 is 1.22 bits per heavy atom. The minimum absolute atomic E-state index is 0.0826. The summed E-state index contributed by atoms with van der Waals surface area (Å²) in [5, 5.41) is 2.80. The van der Waals surface area contributed by atoms with Crippen LogP contribution in [0.15, 0.2) is 0 Å². The average molecular weight is 343 g/mol. The molecule has 0 aromatic heterocycles. The molecule has 3 rings (SSSR count). The van der Waals surface area contributed by atoms with E-state index in [4.69, 9.17) is 0 Å². The first-order valence-electron chi connectivity index (χ1n) is 8.52. The first kappa shape index (κ1) is 16.7. The monoisotopic (exact) mass is 343 g/mol. The van der Waals surface area contributed by atoms with E-state index in [1.807, 2.05) is 4.90 Å². The van der Waals surface area contributed by atoms with Crippen molar-refractivity contribution in [1.29, 1.82) is 0 Å². The van der Waals surface area contributed by atoms with Gasteiger partial charge >= 0.3 is 0 Å². The molecule has 2 amide bonds. The normalized spacial score (nSPS) is 28.6.